The molecule has 18 heavy (non-hydrogen) atoms. The van der Waals surface area contributed by atoms with Crippen molar-refractivity contribution >= 4 is 22.9 Å². The predicted octanol–water partition coefficient (Wildman–Crippen LogP) is 3.16. The number of hydrazine groups is 1. The van der Waals surface area contributed by atoms with E-state index in [1.807, 2.05) is 31.2 Å². The Hall–Kier alpha value is -0.940. The van der Waals surface area contributed by atoms with Crippen LogP contribution in [0.4, 0.5) is 0 Å². The highest BCUT2D eigenvalue weighted by Gasteiger charge is 2.14. The van der Waals surface area contributed by atoms with E-state index < -0.39 is 0 Å². The molecule has 0 aliphatic rings. The molecule has 0 aliphatic heterocycles. The lowest BCUT2D eigenvalue weighted by atomic mass is 10.1. The Kier molecular flexibility index (Phi) is 4.35. The van der Waals surface area contributed by atoms with Gasteiger partial charge in [0.15, 0.2) is 0 Å². The molecule has 0 spiro atoms. The summed E-state index contributed by atoms with van der Waals surface area (Å²) in [6.07, 6.45) is 0.774. The number of thiazole rings is 1. The van der Waals surface area contributed by atoms with E-state index in [1.165, 1.54) is 4.88 Å². The first-order chi connectivity index (χ1) is 8.60. The van der Waals surface area contributed by atoms with Crippen LogP contribution in [0, 0.1) is 13.8 Å². The van der Waals surface area contributed by atoms with Crippen molar-refractivity contribution in [3.05, 3.63) is 50.4 Å². The molecular weight excluding hydrogens is 266 g/mol. The standard InChI is InChI=1S/C13H16ClN3S/c1-8-9(2)18-13(16-8)7-12(17-15)10-4-3-5-11(14)6-10/h3-6,12,17H,7,15H2,1-2H3. The number of hydrogen-bond acceptors (Lipinski definition) is 4. The summed E-state index contributed by atoms with van der Waals surface area (Å²) >= 11 is 7.71. The highest BCUT2D eigenvalue weighted by atomic mass is 35.5. The first-order valence-corrected chi connectivity index (χ1v) is 6.94. The lowest BCUT2D eigenvalue weighted by molar-refractivity contribution is 0.550. The van der Waals surface area contributed by atoms with Crippen LogP contribution in [-0.2, 0) is 6.42 Å². The summed E-state index contributed by atoms with van der Waals surface area (Å²) in [5.74, 6) is 5.63. The number of nitrogens with one attached hydrogen (secondary N) is 1. The molecule has 1 aromatic carbocycles. The highest BCUT2D eigenvalue weighted by Crippen LogP contribution is 2.24. The van der Waals surface area contributed by atoms with Crippen molar-refractivity contribution in [3.63, 3.8) is 0 Å². The van der Waals surface area contributed by atoms with Crippen LogP contribution < -0.4 is 11.3 Å². The summed E-state index contributed by atoms with van der Waals surface area (Å²) in [5.41, 5.74) is 5.00. The molecule has 96 valence electrons. The smallest absolute Gasteiger partial charge is 0.0950 e. The quantitative estimate of drug-likeness (QED) is 0.669. The van der Waals surface area contributed by atoms with Gasteiger partial charge >= 0.3 is 0 Å². The minimum absolute atomic E-state index is 0.0358. The molecule has 3 nitrogen and oxygen atoms in total. The summed E-state index contributed by atoms with van der Waals surface area (Å²) in [4.78, 5) is 5.79. The van der Waals surface area contributed by atoms with E-state index in [0.29, 0.717) is 0 Å². The number of benzene rings is 1. The van der Waals surface area contributed by atoms with E-state index in [-0.39, 0.29) is 6.04 Å². The molecule has 1 unspecified atom stereocenters. The minimum Gasteiger partial charge on any atom is -0.271 e. The van der Waals surface area contributed by atoms with Gasteiger partial charge in [0, 0.05) is 16.3 Å². The lowest BCUT2D eigenvalue weighted by Gasteiger charge is -2.15. The fourth-order valence-electron chi connectivity index (χ4n) is 1.80. The highest BCUT2D eigenvalue weighted by molar-refractivity contribution is 7.11. The molecule has 0 saturated heterocycles. The summed E-state index contributed by atoms with van der Waals surface area (Å²) in [6, 6.07) is 7.77. The van der Waals surface area contributed by atoms with Gasteiger partial charge in [0.05, 0.1) is 16.7 Å². The van der Waals surface area contributed by atoms with Crippen molar-refractivity contribution in [1.29, 1.82) is 0 Å². The summed E-state index contributed by atoms with van der Waals surface area (Å²) in [5, 5.41) is 1.81. The van der Waals surface area contributed by atoms with Crippen molar-refractivity contribution in [2.75, 3.05) is 0 Å². The van der Waals surface area contributed by atoms with Gasteiger partial charge in [-0.15, -0.1) is 11.3 Å². The third kappa shape index (κ3) is 3.09. The first-order valence-electron chi connectivity index (χ1n) is 5.74. The van der Waals surface area contributed by atoms with Crippen LogP contribution in [0.15, 0.2) is 24.3 Å². The Morgan fingerprint density at radius 3 is 2.78 bits per heavy atom. The maximum atomic E-state index is 6.00. The molecule has 5 heteroatoms. The molecule has 0 aliphatic carbocycles. The molecular formula is C13H16ClN3S. The number of hydrogen-bond donors (Lipinski definition) is 2. The molecule has 0 saturated carbocycles. The van der Waals surface area contributed by atoms with E-state index in [1.54, 1.807) is 11.3 Å². The van der Waals surface area contributed by atoms with Gasteiger partial charge in [0.25, 0.3) is 0 Å². The van der Waals surface area contributed by atoms with Crippen molar-refractivity contribution in [2.45, 2.75) is 26.3 Å². The van der Waals surface area contributed by atoms with Gasteiger partial charge < -0.3 is 0 Å². The lowest BCUT2D eigenvalue weighted by Crippen LogP contribution is -2.29. The van der Waals surface area contributed by atoms with Crippen LogP contribution >= 0.6 is 22.9 Å². The van der Waals surface area contributed by atoms with E-state index in [9.17, 15) is 0 Å². The number of rotatable bonds is 4. The van der Waals surface area contributed by atoms with Crippen molar-refractivity contribution < 1.29 is 0 Å². The van der Waals surface area contributed by atoms with Crippen molar-refractivity contribution in [2.24, 2.45) is 5.84 Å². The summed E-state index contributed by atoms with van der Waals surface area (Å²) in [6.45, 7) is 4.11. The Morgan fingerprint density at radius 1 is 1.44 bits per heavy atom. The Labute approximate surface area is 116 Å². The number of nitrogens with two attached hydrogens (primary N) is 1. The number of aryl methyl sites for hydroxylation is 2. The topological polar surface area (TPSA) is 50.9 Å². The van der Waals surface area contributed by atoms with E-state index in [2.05, 4.69) is 17.3 Å². The zero-order valence-electron chi connectivity index (χ0n) is 10.4. The molecule has 0 fully saturated rings. The van der Waals surface area contributed by atoms with Crippen molar-refractivity contribution in [3.8, 4) is 0 Å². The predicted molar refractivity (Wildman–Crippen MR) is 76.8 cm³/mol. The van der Waals surface area contributed by atoms with Crippen LogP contribution in [0.1, 0.15) is 27.2 Å². The minimum atomic E-state index is 0.0358. The normalized spacial score (nSPS) is 12.7. The Bertz CT molecular complexity index is 519. The van der Waals surface area contributed by atoms with Gasteiger partial charge in [-0.25, -0.2) is 4.98 Å². The van der Waals surface area contributed by atoms with Gasteiger partial charge in [-0.3, -0.25) is 11.3 Å². The number of halogens is 1. The third-order valence-corrected chi connectivity index (χ3v) is 4.23. The van der Waals surface area contributed by atoms with Crippen LogP contribution in [-0.4, -0.2) is 4.98 Å². The van der Waals surface area contributed by atoms with E-state index in [0.717, 1.165) is 27.7 Å². The Morgan fingerprint density at radius 2 is 2.22 bits per heavy atom. The van der Waals surface area contributed by atoms with Crippen LogP contribution in [0.5, 0.6) is 0 Å². The zero-order chi connectivity index (χ0) is 13.1. The molecule has 2 aromatic rings. The zero-order valence-corrected chi connectivity index (χ0v) is 12.0. The fourth-order valence-corrected chi connectivity index (χ4v) is 2.98. The van der Waals surface area contributed by atoms with Crippen LogP contribution in [0.2, 0.25) is 5.02 Å². The maximum absolute atomic E-state index is 6.00. The average molecular weight is 282 g/mol. The Balaban J connectivity index is 2.19. The SMILES string of the molecule is Cc1nc(CC(NN)c2cccc(Cl)c2)sc1C. The summed E-state index contributed by atoms with van der Waals surface area (Å²) in [7, 11) is 0. The number of nitrogens with zero attached hydrogens (tertiary/aromatic N) is 1. The van der Waals surface area contributed by atoms with Gasteiger partial charge in [0.2, 0.25) is 0 Å². The second-order valence-electron chi connectivity index (χ2n) is 4.23. The van der Waals surface area contributed by atoms with E-state index in [4.69, 9.17) is 17.4 Å². The average Bonchev–Trinajstić information content (AvgIpc) is 2.65. The van der Waals surface area contributed by atoms with Crippen LogP contribution in [0.25, 0.3) is 0 Å². The van der Waals surface area contributed by atoms with E-state index >= 15 is 0 Å². The molecule has 1 aromatic heterocycles. The molecule has 0 bridgehead atoms. The monoisotopic (exact) mass is 281 g/mol. The van der Waals surface area contributed by atoms with Crippen LogP contribution in [0.3, 0.4) is 0 Å². The van der Waals surface area contributed by atoms with Gasteiger partial charge in [0.1, 0.15) is 0 Å². The molecule has 0 radical (unpaired) electrons. The van der Waals surface area contributed by atoms with Gasteiger partial charge in [-0.05, 0) is 31.5 Å². The molecule has 1 atom stereocenters. The first kappa shape index (κ1) is 13.5. The number of aromatic nitrogens is 1. The third-order valence-electron chi connectivity index (χ3n) is 2.90. The second kappa shape index (κ2) is 5.80. The molecule has 3 N–H and O–H groups in total. The fraction of sp³-hybridized carbons (Fsp3) is 0.308. The maximum Gasteiger partial charge on any atom is 0.0950 e. The van der Waals surface area contributed by atoms with Crippen molar-refractivity contribution in [1.82, 2.24) is 10.4 Å². The largest absolute Gasteiger partial charge is 0.271 e. The molecule has 2 rings (SSSR count). The molecule has 1 heterocycles. The second-order valence-corrected chi connectivity index (χ2v) is 5.95. The van der Waals surface area contributed by atoms with Gasteiger partial charge in [-0.1, -0.05) is 23.7 Å². The van der Waals surface area contributed by atoms with Gasteiger partial charge in [-0.2, -0.15) is 0 Å². The summed E-state index contributed by atoms with van der Waals surface area (Å²) < 4.78 is 0. The molecule has 0 amide bonds.